The number of hydrogen-bond acceptors (Lipinski definition) is 6. The van der Waals surface area contributed by atoms with Crippen molar-refractivity contribution in [3.05, 3.63) is 35.4 Å². The van der Waals surface area contributed by atoms with E-state index in [-0.39, 0.29) is 0 Å². The summed E-state index contributed by atoms with van der Waals surface area (Å²) in [7, 11) is 3.85. The number of piperidine rings is 1. The number of aromatic nitrogens is 2. The third-order valence-corrected chi connectivity index (χ3v) is 5.26. The number of likely N-dealkylation sites (N-methyl/N-ethyl adjacent to an activating group) is 1. The Kier molecular flexibility index (Phi) is 5.04. The predicted molar refractivity (Wildman–Crippen MR) is 102 cm³/mol. The fraction of sp³-hybridized carbons (Fsp3) is 0.500. The first-order chi connectivity index (χ1) is 12.7. The fourth-order valence-corrected chi connectivity index (χ4v) is 3.85. The molecule has 0 aliphatic carbocycles. The monoisotopic (exact) mass is 354 g/mol. The third kappa shape index (κ3) is 3.52. The first-order valence-electron chi connectivity index (χ1n) is 9.30. The summed E-state index contributed by atoms with van der Waals surface area (Å²) in [5, 5.41) is 12.8. The van der Waals surface area contributed by atoms with Gasteiger partial charge in [0.25, 0.3) is 0 Å². The van der Waals surface area contributed by atoms with Crippen molar-refractivity contribution in [1.82, 2.24) is 15.1 Å². The van der Waals surface area contributed by atoms with Gasteiger partial charge >= 0.3 is 0 Å². The van der Waals surface area contributed by atoms with Crippen molar-refractivity contribution in [3.63, 3.8) is 0 Å². The quantitative estimate of drug-likeness (QED) is 0.911. The normalized spacial score (nSPS) is 20.5. The van der Waals surface area contributed by atoms with Crippen LogP contribution in [0.4, 0.5) is 5.82 Å². The van der Waals surface area contributed by atoms with Crippen LogP contribution in [0.5, 0.6) is 5.75 Å². The van der Waals surface area contributed by atoms with Crippen molar-refractivity contribution >= 4 is 5.82 Å². The van der Waals surface area contributed by atoms with Crippen molar-refractivity contribution in [2.24, 2.45) is 0 Å². The molecule has 2 aliphatic heterocycles. The highest BCUT2D eigenvalue weighted by atomic mass is 16.5. The largest absolute Gasteiger partial charge is 0.497 e. The summed E-state index contributed by atoms with van der Waals surface area (Å²) in [6, 6.07) is 8.40. The average Bonchev–Trinajstić information content (AvgIpc) is 2.68. The topological polar surface area (TPSA) is 59.5 Å². The number of methoxy groups -OCH3 is 1. The van der Waals surface area contributed by atoms with Gasteiger partial charge in [-0.3, -0.25) is 0 Å². The molecular weight excluding hydrogens is 328 g/mol. The lowest BCUT2D eigenvalue weighted by atomic mass is 9.98. The molecular formula is C20H26N4O2. The van der Waals surface area contributed by atoms with E-state index < -0.39 is 0 Å². The maximum absolute atomic E-state index is 5.74. The molecule has 0 saturated carbocycles. The van der Waals surface area contributed by atoms with Gasteiger partial charge in [-0.05, 0) is 57.1 Å². The molecule has 1 N–H and O–H groups in total. The van der Waals surface area contributed by atoms with Crippen molar-refractivity contribution in [3.8, 4) is 17.0 Å². The summed E-state index contributed by atoms with van der Waals surface area (Å²) in [5.74, 6) is 1.77. The average molecular weight is 354 g/mol. The summed E-state index contributed by atoms with van der Waals surface area (Å²) in [6.07, 6.45) is 3.27. The third-order valence-electron chi connectivity index (χ3n) is 5.26. The van der Waals surface area contributed by atoms with Gasteiger partial charge in [-0.2, -0.15) is 0 Å². The maximum atomic E-state index is 5.74. The lowest BCUT2D eigenvalue weighted by Gasteiger charge is -2.31. The molecule has 1 aromatic heterocycles. The van der Waals surface area contributed by atoms with Crippen LogP contribution in [0.15, 0.2) is 24.3 Å². The molecule has 3 heterocycles. The minimum atomic E-state index is 0.432. The van der Waals surface area contributed by atoms with Gasteiger partial charge in [0.2, 0.25) is 0 Å². The van der Waals surface area contributed by atoms with E-state index in [1.807, 2.05) is 24.3 Å². The highest BCUT2D eigenvalue weighted by Crippen LogP contribution is 2.32. The summed E-state index contributed by atoms with van der Waals surface area (Å²) in [4.78, 5) is 2.37. The molecule has 1 saturated heterocycles. The molecule has 6 heteroatoms. The molecule has 1 aromatic carbocycles. The molecule has 0 amide bonds. The van der Waals surface area contributed by atoms with Crippen LogP contribution in [0.3, 0.4) is 0 Å². The fourth-order valence-electron chi connectivity index (χ4n) is 3.85. The second kappa shape index (κ2) is 7.60. The zero-order valence-corrected chi connectivity index (χ0v) is 15.5. The van der Waals surface area contributed by atoms with E-state index in [1.165, 1.54) is 24.9 Å². The summed E-state index contributed by atoms with van der Waals surface area (Å²) < 4.78 is 11.0. The molecule has 2 aliphatic rings. The van der Waals surface area contributed by atoms with Crippen LogP contribution >= 0.6 is 0 Å². The molecule has 0 radical (unpaired) electrons. The molecule has 0 bridgehead atoms. The minimum Gasteiger partial charge on any atom is -0.497 e. The lowest BCUT2D eigenvalue weighted by molar-refractivity contribution is 0.111. The maximum Gasteiger partial charge on any atom is 0.152 e. The Morgan fingerprint density at radius 2 is 2.04 bits per heavy atom. The molecule has 1 fully saturated rings. The van der Waals surface area contributed by atoms with Crippen LogP contribution in [-0.4, -0.2) is 55.0 Å². The smallest absolute Gasteiger partial charge is 0.152 e. The highest BCUT2D eigenvalue weighted by molar-refractivity contribution is 5.68. The van der Waals surface area contributed by atoms with Gasteiger partial charge in [-0.15, -0.1) is 10.2 Å². The highest BCUT2D eigenvalue weighted by Gasteiger charge is 2.24. The van der Waals surface area contributed by atoms with Gasteiger partial charge in [0.15, 0.2) is 5.82 Å². The Morgan fingerprint density at radius 1 is 1.19 bits per heavy atom. The number of nitrogens with zero attached hydrogens (tertiary/aromatic N) is 3. The predicted octanol–water partition coefficient (Wildman–Crippen LogP) is 2.73. The molecule has 2 aromatic rings. The van der Waals surface area contributed by atoms with Gasteiger partial charge in [0, 0.05) is 29.3 Å². The lowest BCUT2D eigenvalue weighted by Crippen LogP contribution is -2.40. The minimum absolute atomic E-state index is 0.432. The van der Waals surface area contributed by atoms with E-state index in [0.717, 1.165) is 48.0 Å². The van der Waals surface area contributed by atoms with Gasteiger partial charge in [0.1, 0.15) is 5.75 Å². The standard InChI is InChI=1S/C20H26N4O2/c1-24-10-3-4-15(12-24)21-20-17-9-11-26-13-18(17)19(22-23-20)14-5-7-16(25-2)8-6-14/h5-8,15H,3-4,9-13H2,1-2H3,(H,21,23)/t15-/m1/s1. The van der Waals surface area contributed by atoms with Crippen molar-refractivity contribution in [2.45, 2.75) is 31.9 Å². The zero-order valence-electron chi connectivity index (χ0n) is 15.5. The zero-order chi connectivity index (χ0) is 17.9. The van der Waals surface area contributed by atoms with Crippen LogP contribution < -0.4 is 10.1 Å². The summed E-state index contributed by atoms with van der Waals surface area (Å²) in [6.45, 7) is 3.55. The molecule has 26 heavy (non-hydrogen) atoms. The van der Waals surface area contributed by atoms with Gasteiger partial charge in [0.05, 0.1) is 26.0 Å². The van der Waals surface area contributed by atoms with E-state index in [0.29, 0.717) is 12.6 Å². The SMILES string of the molecule is COc1ccc(-c2nnc(N[C@@H]3CCCN(C)C3)c3c2COCC3)cc1. The Labute approximate surface area is 154 Å². The van der Waals surface area contributed by atoms with E-state index in [1.54, 1.807) is 7.11 Å². The molecule has 138 valence electrons. The first kappa shape index (κ1) is 17.2. The van der Waals surface area contributed by atoms with Gasteiger partial charge in [-0.1, -0.05) is 0 Å². The summed E-state index contributed by atoms with van der Waals surface area (Å²) >= 11 is 0. The van der Waals surface area contributed by atoms with Crippen LogP contribution in [0, 0.1) is 0 Å². The molecule has 0 unspecified atom stereocenters. The van der Waals surface area contributed by atoms with E-state index >= 15 is 0 Å². The van der Waals surface area contributed by atoms with E-state index in [2.05, 4.69) is 27.5 Å². The number of ether oxygens (including phenoxy) is 2. The van der Waals surface area contributed by atoms with Gasteiger partial charge < -0.3 is 19.7 Å². The second-order valence-corrected chi connectivity index (χ2v) is 7.13. The molecule has 0 spiro atoms. The van der Waals surface area contributed by atoms with E-state index in [4.69, 9.17) is 9.47 Å². The summed E-state index contributed by atoms with van der Waals surface area (Å²) in [5.41, 5.74) is 4.37. The number of fused-ring (bicyclic) bond motifs is 1. The molecule has 6 nitrogen and oxygen atoms in total. The molecule has 4 rings (SSSR count). The van der Waals surface area contributed by atoms with Gasteiger partial charge in [-0.25, -0.2) is 0 Å². The first-order valence-corrected chi connectivity index (χ1v) is 9.30. The second-order valence-electron chi connectivity index (χ2n) is 7.13. The molecule has 1 atom stereocenters. The van der Waals surface area contributed by atoms with Crippen molar-refractivity contribution in [2.75, 3.05) is 39.2 Å². The number of anilines is 1. The number of benzene rings is 1. The van der Waals surface area contributed by atoms with Crippen molar-refractivity contribution in [1.29, 1.82) is 0 Å². The Morgan fingerprint density at radius 3 is 2.81 bits per heavy atom. The van der Waals surface area contributed by atoms with Crippen LogP contribution in [-0.2, 0) is 17.8 Å². The Bertz CT molecular complexity index is 763. The van der Waals surface area contributed by atoms with Crippen LogP contribution in [0.2, 0.25) is 0 Å². The number of rotatable bonds is 4. The number of nitrogens with one attached hydrogen (secondary N) is 1. The number of likely N-dealkylation sites (tertiary alicyclic amines) is 1. The Balaban J connectivity index is 1.65. The van der Waals surface area contributed by atoms with Crippen LogP contribution in [0.25, 0.3) is 11.3 Å². The van der Waals surface area contributed by atoms with Crippen molar-refractivity contribution < 1.29 is 9.47 Å². The number of hydrogen-bond donors (Lipinski definition) is 1. The van der Waals surface area contributed by atoms with Crippen LogP contribution in [0.1, 0.15) is 24.0 Å². The van der Waals surface area contributed by atoms with E-state index in [9.17, 15) is 0 Å². The Hall–Kier alpha value is -2.18.